The van der Waals surface area contributed by atoms with E-state index in [1.165, 1.54) is 24.0 Å². The largest absolute Gasteiger partial charge is 0.464 e. The Morgan fingerprint density at radius 2 is 2.00 bits per heavy atom. The molecular weight excluding hydrogens is 238 g/mol. The van der Waals surface area contributed by atoms with Crippen molar-refractivity contribution in [1.29, 1.82) is 0 Å². The third kappa shape index (κ3) is 2.60. The van der Waals surface area contributed by atoms with Crippen LogP contribution in [0, 0.1) is 0 Å². The summed E-state index contributed by atoms with van der Waals surface area (Å²) in [5.41, 5.74) is 3.30. The van der Waals surface area contributed by atoms with Gasteiger partial charge in [-0.1, -0.05) is 6.07 Å². The molecule has 2 rings (SSSR count). The Bertz CT molecular complexity index is 480. The number of carbonyl (C=O) groups is 1. The number of esters is 1. The minimum Gasteiger partial charge on any atom is -0.464 e. The molecule has 0 amide bonds. The molecule has 0 aliphatic heterocycles. The molecule has 0 bridgehead atoms. The first-order valence-corrected chi connectivity index (χ1v) is 6.99. The maximum absolute atomic E-state index is 12.0. The van der Waals surface area contributed by atoms with Gasteiger partial charge in [0.05, 0.1) is 6.61 Å². The number of fused-ring (bicyclic) bond motifs is 1. The molecule has 0 fully saturated rings. The van der Waals surface area contributed by atoms with Crippen LogP contribution in [0.1, 0.15) is 38.3 Å². The normalized spacial score (nSPS) is 14.1. The Kier molecular flexibility index (Phi) is 3.83. The van der Waals surface area contributed by atoms with Crippen LogP contribution in [0.15, 0.2) is 18.2 Å². The van der Waals surface area contributed by atoms with Crippen molar-refractivity contribution in [3.63, 3.8) is 0 Å². The molecule has 0 radical (unpaired) electrons. The fraction of sp³-hybridized carbons (Fsp3) is 0.562. The smallest absolute Gasteiger partial charge is 0.331 e. The summed E-state index contributed by atoms with van der Waals surface area (Å²) in [6.07, 6.45) is 3.57. The number of benzene rings is 1. The molecule has 0 atom stereocenters. The molecule has 1 aromatic rings. The van der Waals surface area contributed by atoms with E-state index in [-0.39, 0.29) is 5.97 Å². The summed E-state index contributed by atoms with van der Waals surface area (Å²) in [4.78, 5) is 14.1. The lowest BCUT2D eigenvalue weighted by molar-refractivity contribution is -0.148. The molecule has 0 unspecified atom stereocenters. The van der Waals surface area contributed by atoms with E-state index in [1.807, 2.05) is 32.7 Å². The van der Waals surface area contributed by atoms with Crippen molar-refractivity contribution in [1.82, 2.24) is 0 Å². The quantitative estimate of drug-likeness (QED) is 0.780. The predicted molar refractivity (Wildman–Crippen MR) is 77.6 cm³/mol. The topological polar surface area (TPSA) is 29.5 Å². The number of hydrogen-bond acceptors (Lipinski definition) is 3. The van der Waals surface area contributed by atoms with E-state index in [9.17, 15) is 4.79 Å². The fourth-order valence-corrected chi connectivity index (χ4v) is 2.53. The summed E-state index contributed by atoms with van der Waals surface area (Å²) in [7, 11) is 1.95. The number of carbonyl (C=O) groups excluding carboxylic acids is 1. The van der Waals surface area contributed by atoms with Gasteiger partial charge in [-0.05, 0) is 63.3 Å². The van der Waals surface area contributed by atoms with Crippen LogP contribution in [0.3, 0.4) is 0 Å². The van der Waals surface area contributed by atoms with Gasteiger partial charge in [0.25, 0.3) is 0 Å². The third-order valence-corrected chi connectivity index (χ3v) is 4.08. The molecule has 1 aromatic carbocycles. The van der Waals surface area contributed by atoms with Crippen LogP contribution in [0.5, 0.6) is 0 Å². The first-order chi connectivity index (χ1) is 8.96. The summed E-state index contributed by atoms with van der Waals surface area (Å²) in [6.45, 7) is 6.06. The second kappa shape index (κ2) is 5.24. The van der Waals surface area contributed by atoms with Crippen LogP contribution in [-0.4, -0.2) is 25.2 Å². The van der Waals surface area contributed by atoms with Crippen LogP contribution >= 0.6 is 0 Å². The highest BCUT2D eigenvalue weighted by atomic mass is 16.5. The van der Waals surface area contributed by atoms with Gasteiger partial charge in [0.2, 0.25) is 0 Å². The van der Waals surface area contributed by atoms with Gasteiger partial charge < -0.3 is 9.64 Å². The van der Waals surface area contributed by atoms with Gasteiger partial charge in [0.15, 0.2) is 0 Å². The van der Waals surface area contributed by atoms with E-state index in [2.05, 4.69) is 18.2 Å². The maximum Gasteiger partial charge on any atom is 0.331 e. The van der Waals surface area contributed by atoms with Crippen molar-refractivity contribution in [2.24, 2.45) is 0 Å². The van der Waals surface area contributed by atoms with Crippen molar-refractivity contribution in [3.8, 4) is 0 Å². The Morgan fingerprint density at radius 3 is 2.68 bits per heavy atom. The van der Waals surface area contributed by atoms with E-state index < -0.39 is 5.54 Å². The van der Waals surface area contributed by atoms with Crippen LogP contribution in [-0.2, 0) is 22.4 Å². The molecular formula is C16H23NO2. The Balaban J connectivity index is 2.23. The summed E-state index contributed by atoms with van der Waals surface area (Å²) in [5.74, 6) is -0.182. The lowest BCUT2D eigenvalue weighted by atomic mass is 10.0. The van der Waals surface area contributed by atoms with Gasteiger partial charge in [-0.15, -0.1) is 0 Å². The molecule has 0 N–H and O–H groups in total. The monoisotopic (exact) mass is 261 g/mol. The number of rotatable bonds is 4. The molecule has 104 valence electrons. The van der Waals surface area contributed by atoms with Crippen molar-refractivity contribution in [3.05, 3.63) is 29.3 Å². The van der Waals surface area contributed by atoms with Gasteiger partial charge in [0.1, 0.15) is 5.54 Å². The average Bonchev–Trinajstić information content (AvgIpc) is 2.85. The number of likely N-dealkylation sites (N-methyl/N-ethyl adjacent to an activating group) is 1. The standard InChI is InChI=1S/C16H23NO2/c1-5-19-15(18)16(2,3)17(4)14-10-9-12-7-6-8-13(12)11-14/h9-11H,5-8H2,1-4H3. The zero-order chi connectivity index (χ0) is 14.0. The fourth-order valence-electron chi connectivity index (χ4n) is 2.53. The van der Waals surface area contributed by atoms with Crippen molar-refractivity contribution in [2.75, 3.05) is 18.6 Å². The number of nitrogens with zero attached hydrogens (tertiary/aromatic N) is 1. The molecule has 0 saturated carbocycles. The summed E-state index contributed by atoms with van der Waals surface area (Å²) >= 11 is 0. The number of aryl methyl sites for hydroxylation is 2. The molecule has 19 heavy (non-hydrogen) atoms. The highest BCUT2D eigenvalue weighted by molar-refractivity contribution is 5.84. The second-order valence-corrected chi connectivity index (χ2v) is 5.65. The van der Waals surface area contributed by atoms with E-state index in [0.717, 1.165) is 12.1 Å². The van der Waals surface area contributed by atoms with Gasteiger partial charge >= 0.3 is 5.97 Å². The van der Waals surface area contributed by atoms with Gasteiger partial charge in [-0.25, -0.2) is 4.79 Å². The minimum absolute atomic E-state index is 0.182. The highest BCUT2D eigenvalue weighted by Gasteiger charge is 2.34. The maximum atomic E-state index is 12.0. The molecule has 0 heterocycles. The minimum atomic E-state index is -0.650. The van der Waals surface area contributed by atoms with Gasteiger partial charge in [-0.2, -0.15) is 0 Å². The van der Waals surface area contributed by atoms with Crippen molar-refractivity contribution in [2.45, 2.75) is 45.6 Å². The lowest BCUT2D eigenvalue weighted by Gasteiger charge is -2.35. The van der Waals surface area contributed by atoms with Crippen LogP contribution in [0.25, 0.3) is 0 Å². The molecule has 0 spiro atoms. The highest BCUT2D eigenvalue weighted by Crippen LogP contribution is 2.29. The summed E-state index contributed by atoms with van der Waals surface area (Å²) in [5, 5.41) is 0. The van der Waals surface area contributed by atoms with Gasteiger partial charge in [0, 0.05) is 12.7 Å². The molecule has 3 heteroatoms. The molecule has 1 aliphatic carbocycles. The van der Waals surface area contributed by atoms with Crippen LogP contribution in [0.2, 0.25) is 0 Å². The lowest BCUT2D eigenvalue weighted by Crippen LogP contribution is -2.49. The molecule has 1 aliphatic rings. The number of hydrogen-bond donors (Lipinski definition) is 0. The Hall–Kier alpha value is -1.51. The zero-order valence-corrected chi connectivity index (χ0v) is 12.3. The Labute approximate surface area is 115 Å². The van der Waals surface area contributed by atoms with E-state index >= 15 is 0 Å². The average molecular weight is 261 g/mol. The van der Waals surface area contributed by atoms with E-state index in [1.54, 1.807) is 0 Å². The van der Waals surface area contributed by atoms with Crippen molar-refractivity contribution < 1.29 is 9.53 Å². The predicted octanol–water partition coefficient (Wildman–Crippen LogP) is 2.95. The van der Waals surface area contributed by atoms with E-state index in [4.69, 9.17) is 4.74 Å². The molecule has 3 nitrogen and oxygen atoms in total. The summed E-state index contributed by atoms with van der Waals surface area (Å²) < 4.78 is 5.16. The number of anilines is 1. The summed E-state index contributed by atoms with van der Waals surface area (Å²) in [6, 6.07) is 6.50. The zero-order valence-electron chi connectivity index (χ0n) is 12.3. The number of ether oxygens (including phenoxy) is 1. The SMILES string of the molecule is CCOC(=O)C(C)(C)N(C)c1ccc2c(c1)CCC2. The van der Waals surface area contributed by atoms with Crippen LogP contribution < -0.4 is 4.90 Å². The third-order valence-electron chi connectivity index (χ3n) is 4.08. The first-order valence-electron chi connectivity index (χ1n) is 6.99. The van der Waals surface area contributed by atoms with Gasteiger partial charge in [-0.3, -0.25) is 0 Å². The van der Waals surface area contributed by atoms with Crippen molar-refractivity contribution >= 4 is 11.7 Å². The molecule has 0 saturated heterocycles. The Morgan fingerprint density at radius 1 is 1.32 bits per heavy atom. The van der Waals surface area contributed by atoms with E-state index in [0.29, 0.717) is 6.61 Å². The second-order valence-electron chi connectivity index (χ2n) is 5.65. The van der Waals surface area contributed by atoms with Crippen LogP contribution in [0.4, 0.5) is 5.69 Å². The first kappa shape index (κ1) is 13.9. The molecule has 0 aromatic heterocycles.